The van der Waals surface area contributed by atoms with Gasteiger partial charge >= 0.3 is 0 Å². The van der Waals surface area contributed by atoms with Crippen LogP contribution in [0, 0.1) is 11.3 Å². The van der Waals surface area contributed by atoms with E-state index in [2.05, 4.69) is 23.7 Å². The summed E-state index contributed by atoms with van der Waals surface area (Å²) in [6, 6.07) is 9.67. The van der Waals surface area contributed by atoms with Gasteiger partial charge in [-0.15, -0.1) is 0 Å². The van der Waals surface area contributed by atoms with Gasteiger partial charge in [-0.2, -0.15) is 17.9 Å². The molecule has 3 nitrogen and oxygen atoms in total. The molecule has 0 saturated heterocycles. The Morgan fingerprint density at radius 1 is 1.31 bits per heavy atom. The minimum absolute atomic E-state index is 0.677. The van der Waals surface area contributed by atoms with Crippen LogP contribution in [0.2, 0.25) is 0 Å². The van der Waals surface area contributed by atoms with Crippen LogP contribution < -0.4 is 0 Å². The van der Waals surface area contributed by atoms with Gasteiger partial charge in [0.2, 0.25) is 0 Å². The molecule has 80 valence electrons. The first-order valence-corrected chi connectivity index (χ1v) is 5.55. The van der Waals surface area contributed by atoms with E-state index in [9.17, 15) is 0 Å². The molecule has 0 aliphatic carbocycles. The average molecular weight is 229 g/mol. The van der Waals surface area contributed by atoms with Crippen molar-refractivity contribution in [2.75, 3.05) is 0 Å². The molecule has 0 saturated carbocycles. The quantitative estimate of drug-likeness (QED) is 0.820. The zero-order chi connectivity index (χ0) is 11.4. The number of nitrogens with zero attached hydrogens (tertiary/aromatic N) is 3. The van der Waals surface area contributed by atoms with Gasteiger partial charge in [0.15, 0.2) is 0 Å². The Kier molecular flexibility index (Phi) is 3.28. The Morgan fingerprint density at radius 3 is 2.69 bits per heavy atom. The Hall–Kier alpha value is -1.73. The lowest BCUT2D eigenvalue weighted by Crippen LogP contribution is -2.01. The van der Waals surface area contributed by atoms with Gasteiger partial charge in [-0.25, -0.2) is 4.98 Å². The molecule has 0 radical (unpaired) electrons. The van der Waals surface area contributed by atoms with Gasteiger partial charge in [0.25, 0.3) is 0 Å². The van der Waals surface area contributed by atoms with Crippen molar-refractivity contribution in [1.82, 2.24) is 9.55 Å². The van der Waals surface area contributed by atoms with Crippen LogP contribution in [-0.2, 0) is 12.3 Å². The maximum atomic E-state index is 8.69. The minimum atomic E-state index is 0.677. The molecule has 0 aliphatic rings. The van der Waals surface area contributed by atoms with Crippen LogP contribution in [0.5, 0.6) is 0 Å². The second kappa shape index (κ2) is 4.86. The number of benzene rings is 1. The molecule has 0 bridgehead atoms. The molecule has 0 amide bonds. The smallest absolute Gasteiger partial charge is 0.0991 e. The molecular formula is C12H11N3S. The van der Waals surface area contributed by atoms with Crippen LogP contribution in [0.3, 0.4) is 0 Å². The summed E-state index contributed by atoms with van der Waals surface area (Å²) in [5, 5.41) is 8.69. The van der Waals surface area contributed by atoms with Crippen LogP contribution in [0.1, 0.15) is 16.8 Å². The van der Waals surface area contributed by atoms with Crippen LogP contribution in [0.4, 0.5) is 0 Å². The lowest BCUT2D eigenvalue weighted by atomic mass is 10.1. The van der Waals surface area contributed by atoms with Crippen molar-refractivity contribution >= 4 is 12.6 Å². The first kappa shape index (κ1) is 10.8. The van der Waals surface area contributed by atoms with Crippen molar-refractivity contribution in [3.63, 3.8) is 0 Å². The predicted octanol–water partition coefficient (Wildman–Crippen LogP) is 2.23. The van der Waals surface area contributed by atoms with E-state index >= 15 is 0 Å². The number of imidazole rings is 1. The van der Waals surface area contributed by atoms with Crippen LogP contribution in [-0.4, -0.2) is 9.55 Å². The van der Waals surface area contributed by atoms with Crippen molar-refractivity contribution in [1.29, 1.82) is 5.26 Å². The summed E-state index contributed by atoms with van der Waals surface area (Å²) in [7, 11) is 0. The fourth-order valence-corrected chi connectivity index (χ4v) is 1.77. The Morgan fingerprint density at radius 2 is 2.06 bits per heavy atom. The number of thiol groups is 1. The highest BCUT2D eigenvalue weighted by Crippen LogP contribution is 2.09. The van der Waals surface area contributed by atoms with E-state index in [4.69, 9.17) is 5.26 Å². The van der Waals surface area contributed by atoms with Gasteiger partial charge in [0, 0.05) is 24.2 Å². The van der Waals surface area contributed by atoms with Gasteiger partial charge < -0.3 is 4.57 Å². The summed E-state index contributed by atoms with van der Waals surface area (Å²) in [4.78, 5) is 4.08. The lowest BCUT2D eigenvalue weighted by molar-refractivity contribution is 0.766. The first-order chi connectivity index (χ1) is 7.83. The molecule has 0 fully saturated rings. The fraction of sp³-hybridized carbons (Fsp3) is 0.167. The van der Waals surface area contributed by atoms with E-state index in [1.165, 1.54) is 0 Å². The summed E-state index contributed by atoms with van der Waals surface area (Å²) in [6.45, 7) is 0.765. The monoisotopic (exact) mass is 229 g/mol. The van der Waals surface area contributed by atoms with Crippen molar-refractivity contribution < 1.29 is 0 Å². The molecule has 16 heavy (non-hydrogen) atoms. The lowest BCUT2D eigenvalue weighted by Gasteiger charge is -2.06. The van der Waals surface area contributed by atoms with E-state index in [1.54, 1.807) is 6.33 Å². The first-order valence-electron chi connectivity index (χ1n) is 4.92. The minimum Gasteiger partial charge on any atom is -0.329 e. The highest BCUT2D eigenvalue weighted by Gasteiger charge is 2.01. The summed E-state index contributed by atoms with van der Waals surface area (Å²) in [6.07, 6.45) is 3.61. The fourth-order valence-electron chi connectivity index (χ4n) is 1.50. The molecule has 0 aliphatic heterocycles. The molecule has 0 unspecified atom stereocenters. The summed E-state index contributed by atoms with van der Waals surface area (Å²) < 4.78 is 2.05. The van der Waals surface area contributed by atoms with E-state index in [1.807, 2.05) is 35.0 Å². The summed E-state index contributed by atoms with van der Waals surface area (Å²) in [5.74, 6) is 0.677. The number of hydrogen-bond acceptors (Lipinski definition) is 3. The van der Waals surface area contributed by atoms with Crippen LogP contribution in [0.15, 0.2) is 36.8 Å². The maximum absolute atomic E-state index is 8.69. The summed E-state index contributed by atoms with van der Waals surface area (Å²) >= 11 is 4.24. The summed E-state index contributed by atoms with van der Waals surface area (Å²) in [5.41, 5.74) is 2.93. The molecule has 2 aromatic rings. The van der Waals surface area contributed by atoms with E-state index < -0.39 is 0 Å². The van der Waals surface area contributed by atoms with Crippen molar-refractivity contribution in [3.05, 3.63) is 53.6 Å². The SMILES string of the molecule is N#Cc1ccc(Cn2cncc2CS)cc1. The average Bonchev–Trinajstić information content (AvgIpc) is 2.77. The molecule has 0 N–H and O–H groups in total. The third kappa shape index (κ3) is 2.26. The molecule has 0 atom stereocenters. The van der Waals surface area contributed by atoms with Crippen LogP contribution >= 0.6 is 12.6 Å². The van der Waals surface area contributed by atoms with Gasteiger partial charge in [0.1, 0.15) is 0 Å². The molecule has 0 spiro atoms. The Labute approximate surface area is 99.8 Å². The predicted molar refractivity (Wildman–Crippen MR) is 65.2 cm³/mol. The topological polar surface area (TPSA) is 41.6 Å². The largest absolute Gasteiger partial charge is 0.329 e. The normalized spacial score (nSPS) is 10.0. The molecule has 1 aromatic carbocycles. The number of nitriles is 1. The zero-order valence-corrected chi connectivity index (χ0v) is 9.56. The standard InChI is InChI=1S/C12H11N3S/c13-5-10-1-3-11(4-2-10)7-15-9-14-6-12(15)8-16/h1-4,6,9,16H,7-8H2. The molecule has 4 heteroatoms. The zero-order valence-electron chi connectivity index (χ0n) is 8.67. The maximum Gasteiger partial charge on any atom is 0.0991 e. The number of hydrogen-bond donors (Lipinski definition) is 1. The van der Waals surface area contributed by atoms with Crippen molar-refractivity contribution in [3.8, 4) is 6.07 Å². The van der Waals surface area contributed by atoms with Gasteiger partial charge in [-0.05, 0) is 17.7 Å². The van der Waals surface area contributed by atoms with Crippen LogP contribution in [0.25, 0.3) is 0 Å². The van der Waals surface area contributed by atoms with Crippen molar-refractivity contribution in [2.24, 2.45) is 0 Å². The van der Waals surface area contributed by atoms with Gasteiger partial charge in [-0.1, -0.05) is 12.1 Å². The molecule has 1 aromatic heterocycles. The molecule has 1 heterocycles. The van der Waals surface area contributed by atoms with Gasteiger partial charge in [-0.3, -0.25) is 0 Å². The van der Waals surface area contributed by atoms with E-state index in [-0.39, 0.29) is 0 Å². The highest BCUT2D eigenvalue weighted by molar-refractivity contribution is 7.79. The third-order valence-electron chi connectivity index (χ3n) is 2.40. The van der Waals surface area contributed by atoms with E-state index in [0.717, 1.165) is 17.8 Å². The Bertz CT molecular complexity index is 508. The second-order valence-corrected chi connectivity index (χ2v) is 3.80. The second-order valence-electron chi connectivity index (χ2n) is 3.48. The van der Waals surface area contributed by atoms with E-state index in [0.29, 0.717) is 11.3 Å². The number of rotatable bonds is 3. The molecular weight excluding hydrogens is 218 g/mol. The van der Waals surface area contributed by atoms with Crippen molar-refractivity contribution in [2.45, 2.75) is 12.3 Å². The third-order valence-corrected chi connectivity index (χ3v) is 2.72. The highest BCUT2D eigenvalue weighted by atomic mass is 32.1. The van der Waals surface area contributed by atoms with Gasteiger partial charge in [0.05, 0.1) is 18.0 Å². The number of aromatic nitrogens is 2. The Balaban J connectivity index is 2.18. The molecule has 2 rings (SSSR count).